The molecule has 1 rings (SSSR count). The minimum atomic E-state index is -1.000. The summed E-state index contributed by atoms with van der Waals surface area (Å²) in [6.07, 6.45) is 1.09. The van der Waals surface area contributed by atoms with Crippen molar-refractivity contribution in [2.75, 3.05) is 0 Å². The number of hydrogen-bond donors (Lipinski definition) is 1. The van der Waals surface area contributed by atoms with Gasteiger partial charge in [0.05, 0.1) is 5.75 Å². The fourth-order valence-electron chi connectivity index (χ4n) is 1.14. The van der Waals surface area contributed by atoms with Crippen LogP contribution in [0.2, 0.25) is 0 Å². The molecule has 16 heavy (non-hydrogen) atoms. The Morgan fingerprint density at radius 1 is 1.56 bits per heavy atom. The van der Waals surface area contributed by atoms with E-state index >= 15 is 0 Å². The van der Waals surface area contributed by atoms with Gasteiger partial charge >= 0.3 is 5.97 Å². The molecular formula is C11H16N2O2S. The second-order valence-corrected chi connectivity index (χ2v) is 5.07. The van der Waals surface area contributed by atoms with Crippen LogP contribution in [0.1, 0.15) is 42.3 Å². The zero-order valence-corrected chi connectivity index (χ0v) is 10.5. The van der Waals surface area contributed by atoms with Gasteiger partial charge in [-0.15, -0.1) is 0 Å². The Hall–Kier alpha value is -1.10. The molecule has 0 amide bonds. The SMILES string of the molecule is CCC(C)SCc1nc(C)cc(C(=O)O)n1. The maximum Gasteiger partial charge on any atom is 0.354 e. The number of rotatable bonds is 5. The topological polar surface area (TPSA) is 63.1 Å². The van der Waals surface area contributed by atoms with E-state index in [0.717, 1.165) is 6.42 Å². The molecule has 0 bridgehead atoms. The summed E-state index contributed by atoms with van der Waals surface area (Å²) in [6.45, 7) is 6.04. The molecule has 0 aliphatic heterocycles. The number of aromatic nitrogens is 2. The summed E-state index contributed by atoms with van der Waals surface area (Å²) in [7, 11) is 0. The minimum Gasteiger partial charge on any atom is -0.477 e. The van der Waals surface area contributed by atoms with Gasteiger partial charge < -0.3 is 5.11 Å². The number of carbonyl (C=O) groups is 1. The molecule has 0 aliphatic rings. The van der Waals surface area contributed by atoms with Crippen LogP contribution in [-0.2, 0) is 5.75 Å². The fraction of sp³-hybridized carbons (Fsp3) is 0.545. The maximum absolute atomic E-state index is 10.8. The lowest BCUT2D eigenvalue weighted by Crippen LogP contribution is -2.06. The molecule has 5 heteroatoms. The van der Waals surface area contributed by atoms with Crippen LogP contribution in [0.15, 0.2) is 6.07 Å². The summed E-state index contributed by atoms with van der Waals surface area (Å²) in [5.74, 6) is 0.264. The highest BCUT2D eigenvalue weighted by Gasteiger charge is 2.09. The number of nitrogens with zero attached hydrogens (tertiary/aromatic N) is 2. The van der Waals surface area contributed by atoms with E-state index in [2.05, 4.69) is 23.8 Å². The molecule has 0 aromatic carbocycles. The van der Waals surface area contributed by atoms with Gasteiger partial charge in [0.2, 0.25) is 0 Å². The molecule has 4 nitrogen and oxygen atoms in total. The van der Waals surface area contributed by atoms with Crippen molar-refractivity contribution in [1.82, 2.24) is 9.97 Å². The van der Waals surface area contributed by atoms with Gasteiger partial charge in [0.15, 0.2) is 5.69 Å². The van der Waals surface area contributed by atoms with Crippen LogP contribution in [0.3, 0.4) is 0 Å². The first-order chi connectivity index (χ1) is 7.52. The molecule has 0 saturated heterocycles. The largest absolute Gasteiger partial charge is 0.477 e. The van der Waals surface area contributed by atoms with Gasteiger partial charge in [-0.3, -0.25) is 0 Å². The standard InChI is InChI=1S/C11H16N2O2S/c1-4-8(3)16-6-10-12-7(2)5-9(13-10)11(14)15/h5,8H,4,6H2,1-3H3,(H,14,15). The molecule has 0 aliphatic carbocycles. The molecule has 1 aromatic rings. The average molecular weight is 240 g/mol. The molecule has 0 saturated carbocycles. The molecule has 0 fully saturated rings. The second-order valence-electron chi connectivity index (χ2n) is 3.65. The first kappa shape index (κ1) is 13.0. The number of carboxylic acids is 1. The number of hydrogen-bond acceptors (Lipinski definition) is 4. The number of carboxylic acid groups (broad SMARTS) is 1. The van der Waals surface area contributed by atoms with E-state index in [9.17, 15) is 4.79 Å². The van der Waals surface area contributed by atoms with Gasteiger partial charge in [0.1, 0.15) is 5.82 Å². The van der Waals surface area contributed by atoms with Crippen LogP contribution in [-0.4, -0.2) is 26.3 Å². The molecule has 88 valence electrons. The zero-order chi connectivity index (χ0) is 12.1. The summed E-state index contributed by atoms with van der Waals surface area (Å²) in [5, 5.41) is 9.40. The maximum atomic E-state index is 10.8. The Bertz CT molecular complexity index is 382. The van der Waals surface area contributed by atoms with Gasteiger partial charge in [0, 0.05) is 10.9 Å². The lowest BCUT2D eigenvalue weighted by atomic mass is 10.3. The number of aromatic carboxylic acids is 1. The van der Waals surface area contributed by atoms with Crippen molar-refractivity contribution in [2.45, 2.75) is 38.2 Å². The van der Waals surface area contributed by atoms with E-state index in [1.54, 1.807) is 18.7 Å². The van der Waals surface area contributed by atoms with E-state index < -0.39 is 5.97 Å². The van der Waals surface area contributed by atoms with Crippen molar-refractivity contribution in [3.05, 3.63) is 23.3 Å². The Morgan fingerprint density at radius 3 is 2.81 bits per heavy atom. The van der Waals surface area contributed by atoms with Crippen molar-refractivity contribution < 1.29 is 9.90 Å². The zero-order valence-electron chi connectivity index (χ0n) is 9.73. The van der Waals surface area contributed by atoms with Crippen molar-refractivity contribution in [3.63, 3.8) is 0 Å². The van der Waals surface area contributed by atoms with Gasteiger partial charge in [-0.25, -0.2) is 14.8 Å². The second kappa shape index (κ2) is 5.84. The highest BCUT2D eigenvalue weighted by atomic mass is 32.2. The Labute approximate surface area is 99.5 Å². The molecule has 1 atom stereocenters. The molecule has 0 radical (unpaired) electrons. The fourth-order valence-corrected chi connectivity index (χ4v) is 1.94. The third-order valence-electron chi connectivity index (χ3n) is 2.19. The summed E-state index contributed by atoms with van der Waals surface area (Å²) in [5.41, 5.74) is 0.777. The van der Waals surface area contributed by atoms with Gasteiger partial charge in [-0.1, -0.05) is 13.8 Å². The predicted octanol–water partition coefficient (Wildman–Crippen LogP) is 2.51. The quantitative estimate of drug-likeness (QED) is 0.856. The van der Waals surface area contributed by atoms with Crippen LogP contribution in [0, 0.1) is 6.92 Å². The molecule has 1 N–H and O–H groups in total. The van der Waals surface area contributed by atoms with Crippen molar-refractivity contribution >= 4 is 17.7 Å². The smallest absolute Gasteiger partial charge is 0.354 e. The summed E-state index contributed by atoms with van der Waals surface area (Å²) < 4.78 is 0. The lowest BCUT2D eigenvalue weighted by Gasteiger charge is -2.07. The molecule has 0 spiro atoms. The Morgan fingerprint density at radius 2 is 2.25 bits per heavy atom. The average Bonchev–Trinajstić information content (AvgIpc) is 2.25. The normalized spacial score (nSPS) is 12.4. The van der Waals surface area contributed by atoms with Gasteiger partial charge in [-0.05, 0) is 19.4 Å². The lowest BCUT2D eigenvalue weighted by molar-refractivity contribution is 0.0689. The van der Waals surface area contributed by atoms with Crippen LogP contribution in [0.5, 0.6) is 0 Å². The van der Waals surface area contributed by atoms with E-state index in [1.807, 2.05) is 0 Å². The minimum absolute atomic E-state index is 0.0762. The third kappa shape index (κ3) is 3.81. The number of aryl methyl sites for hydroxylation is 1. The monoisotopic (exact) mass is 240 g/mol. The van der Waals surface area contributed by atoms with Gasteiger partial charge in [0.25, 0.3) is 0 Å². The molecule has 1 aromatic heterocycles. The third-order valence-corrected chi connectivity index (χ3v) is 3.52. The van der Waals surface area contributed by atoms with Crippen LogP contribution in [0.4, 0.5) is 0 Å². The van der Waals surface area contributed by atoms with Crippen molar-refractivity contribution in [1.29, 1.82) is 0 Å². The number of thioether (sulfide) groups is 1. The molecule has 1 unspecified atom stereocenters. The van der Waals surface area contributed by atoms with Crippen molar-refractivity contribution in [3.8, 4) is 0 Å². The van der Waals surface area contributed by atoms with Crippen LogP contribution in [0.25, 0.3) is 0 Å². The summed E-state index contributed by atoms with van der Waals surface area (Å²) in [4.78, 5) is 19.0. The Kier molecular flexibility index (Phi) is 4.73. The summed E-state index contributed by atoms with van der Waals surface area (Å²) in [6, 6.07) is 1.49. The van der Waals surface area contributed by atoms with Crippen LogP contribution >= 0.6 is 11.8 Å². The molecular weight excluding hydrogens is 224 g/mol. The van der Waals surface area contributed by atoms with Gasteiger partial charge in [-0.2, -0.15) is 11.8 Å². The van der Waals surface area contributed by atoms with E-state index in [1.165, 1.54) is 6.07 Å². The van der Waals surface area contributed by atoms with Crippen molar-refractivity contribution in [2.24, 2.45) is 0 Å². The Balaban J connectivity index is 2.76. The van der Waals surface area contributed by atoms with Crippen LogP contribution < -0.4 is 0 Å². The van der Waals surface area contributed by atoms with E-state index in [0.29, 0.717) is 22.5 Å². The first-order valence-electron chi connectivity index (χ1n) is 5.22. The summed E-state index contributed by atoms with van der Waals surface area (Å²) >= 11 is 1.74. The first-order valence-corrected chi connectivity index (χ1v) is 6.27. The predicted molar refractivity (Wildman–Crippen MR) is 64.8 cm³/mol. The highest BCUT2D eigenvalue weighted by Crippen LogP contribution is 2.18. The van der Waals surface area contributed by atoms with E-state index in [-0.39, 0.29) is 5.69 Å². The highest BCUT2D eigenvalue weighted by molar-refractivity contribution is 7.99. The van der Waals surface area contributed by atoms with E-state index in [4.69, 9.17) is 5.11 Å². The molecule has 1 heterocycles.